The van der Waals surface area contributed by atoms with E-state index < -0.39 is 5.91 Å². The van der Waals surface area contributed by atoms with Crippen molar-refractivity contribution >= 4 is 11.6 Å². The highest BCUT2D eigenvalue weighted by Gasteiger charge is 2.14. The first-order valence-corrected chi connectivity index (χ1v) is 6.21. The van der Waals surface area contributed by atoms with Gasteiger partial charge in [-0.05, 0) is 50.0 Å². The first-order chi connectivity index (χ1) is 8.66. The van der Waals surface area contributed by atoms with Crippen LogP contribution in [0.15, 0.2) is 18.2 Å². The molecule has 0 atom stereocenters. The molecule has 0 unspecified atom stereocenters. The summed E-state index contributed by atoms with van der Waals surface area (Å²) < 4.78 is 13.6. The van der Waals surface area contributed by atoms with E-state index in [1.165, 1.54) is 18.2 Å². The summed E-state index contributed by atoms with van der Waals surface area (Å²) in [5.74, 6) is -0.350. The predicted octanol–water partition coefficient (Wildman–Crippen LogP) is 1.34. The van der Waals surface area contributed by atoms with Crippen LogP contribution < -0.4 is 16.4 Å². The van der Waals surface area contributed by atoms with E-state index in [4.69, 9.17) is 5.73 Å². The van der Waals surface area contributed by atoms with Crippen LogP contribution in [0.1, 0.15) is 23.2 Å². The van der Waals surface area contributed by atoms with Gasteiger partial charge in [0.1, 0.15) is 5.82 Å². The van der Waals surface area contributed by atoms with Gasteiger partial charge in [-0.15, -0.1) is 0 Å². The number of benzene rings is 1. The average Bonchev–Trinajstić information content (AvgIpc) is 2.38. The Morgan fingerprint density at radius 2 is 2.17 bits per heavy atom. The van der Waals surface area contributed by atoms with Crippen molar-refractivity contribution in [3.8, 4) is 0 Å². The number of carbonyl (C=O) groups excluding carboxylic acids is 1. The lowest BCUT2D eigenvalue weighted by atomic mass is 9.98. The molecule has 2 rings (SSSR count). The Morgan fingerprint density at radius 3 is 2.83 bits per heavy atom. The van der Waals surface area contributed by atoms with Crippen LogP contribution >= 0.6 is 0 Å². The van der Waals surface area contributed by atoms with Gasteiger partial charge in [-0.25, -0.2) is 4.39 Å². The monoisotopic (exact) mass is 251 g/mol. The smallest absolute Gasteiger partial charge is 0.248 e. The summed E-state index contributed by atoms with van der Waals surface area (Å²) in [6, 6.07) is 4.14. The van der Waals surface area contributed by atoms with Crippen molar-refractivity contribution in [3.05, 3.63) is 29.6 Å². The molecule has 1 saturated heterocycles. The fourth-order valence-electron chi connectivity index (χ4n) is 2.15. The molecule has 1 amide bonds. The molecule has 0 bridgehead atoms. The molecule has 0 radical (unpaired) electrons. The van der Waals surface area contributed by atoms with Gasteiger partial charge in [0.2, 0.25) is 5.91 Å². The molecule has 18 heavy (non-hydrogen) atoms. The number of carbonyl (C=O) groups is 1. The Morgan fingerprint density at radius 1 is 1.44 bits per heavy atom. The maximum atomic E-state index is 13.6. The normalized spacial score (nSPS) is 16.5. The van der Waals surface area contributed by atoms with Gasteiger partial charge in [0.05, 0.1) is 5.69 Å². The highest BCUT2D eigenvalue weighted by molar-refractivity contribution is 5.93. The lowest BCUT2D eigenvalue weighted by molar-refractivity contribution is 0.100. The molecular weight excluding hydrogens is 233 g/mol. The van der Waals surface area contributed by atoms with Crippen LogP contribution in [0.3, 0.4) is 0 Å². The van der Waals surface area contributed by atoms with Crippen LogP contribution in [-0.4, -0.2) is 25.5 Å². The molecule has 4 nitrogen and oxygen atoms in total. The van der Waals surface area contributed by atoms with Crippen molar-refractivity contribution in [2.75, 3.05) is 25.0 Å². The summed E-state index contributed by atoms with van der Waals surface area (Å²) in [7, 11) is 0. The second-order valence-corrected chi connectivity index (χ2v) is 4.63. The molecule has 0 aliphatic carbocycles. The Labute approximate surface area is 106 Å². The van der Waals surface area contributed by atoms with E-state index in [1.54, 1.807) is 0 Å². The number of hydrogen-bond donors (Lipinski definition) is 3. The standard InChI is InChI=1S/C13H18FN3O/c14-11-2-1-10(13(15)18)7-12(11)17-8-9-3-5-16-6-4-9/h1-2,7,9,16-17H,3-6,8H2,(H2,15,18). The molecule has 1 aromatic carbocycles. The summed E-state index contributed by atoms with van der Waals surface area (Å²) in [5, 5.41) is 6.35. The van der Waals surface area contributed by atoms with Crippen LogP contribution in [0.4, 0.5) is 10.1 Å². The van der Waals surface area contributed by atoms with Gasteiger partial charge in [0.15, 0.2) is 0 Å². The minimum absolute atomic E-state index is 0.323. The molecule has 1 aromatic rings. The van der Waals surface area contributed by atoms with Crippen LogP contribution in [0.5, 0.6) is 0 Å². The zero-order valence-corrected chi connectivity index (χ0v) is 10.2. The van der Waals surface area contributed by atoms with E-state index in [2.05, 4.69) is 10.6 Å². The molecule has 1 fully saturated rings. The van der Waals surface area contributed by atoms with E-state index in [0.717, 1.165) is 32.5 Å². The first-order valence-electron chi connectivity index (χ1n) is 6.21. The van der Waals surface area contributed by atoms with Crippen LogP contribution in [0.2, 0.25) is 0 Å². The van der Waals surface area contributed by atoms with Crippen molar-refractivity contribution < 1.29 is 9.18 Å². The largest absolute Gasteiger partial charge is 0.382 e. The second-order valence-electron chi connectivity index (χ2n) is 4.63. The Balaban J connectivity index is 1.99. The van der Waals surface area contributed by atoms with Crippen molar-refractivity contribution in [2.45, 2.75) is 12.8 Å². The number of primary amides is 1. The minimum atomic E-state index is -0.542. The zero-order valence-electron chi connectivity index (χ0n) is 10.2. The fraction of sp³-hybridized carbons (Fsp3) is 0.462. The third-order valence-electron chi connectivity index (χ3n) is 3.29. The van der Waals surface area contributed by atoms with E-state index in [0.29, 0.717) is 17.2 Å². The molecule has 4 N–H and O–H groups in total. The maximum Gasteiger partial charge on any atom is 0.248 e. The Kier molecular flexibility index (Phi) is 4.15. The number of nitrogens with two attached hydrogens (primary N) is 1. The van der Waals surface area contributed by atoms with Crippen LogP contribution in [-0.2, 0) is 0 Å². The van der Waals surface area contributed by atoms with E-state index in [1.807, 2.05) is 0 Å². The van der Waals surface area contributed by atoms with Crippen LogP contribution in [0, 0.1) is 11.7 Å². The van der Waals surface area contributed by atoms with Gasteiger partial charge < -0.3 is 16.4 Å². The minimum Gasteiger partial charge on any atom is -0.382 e. The summed E-state index contributed by atoms with van der Waals surface area (Å²) in [4.78, 5) is 11.0. The highest BCUT2D eigenvalue weighted by atomic mass is 19.1. The molecule has 1 heterocycles. The second kappa shape index (κ2) is 5.82. The van der Waals surface area contributed by atoms with Gasteiger partial charge in [-0.3, -0.25) is 4.79 Å². The van der Waals surface area contributed by atoms with Crippen molar-refractivity contribution in [1.29, 1.82) is 0 Å². The van der Waals surface area contributed by atoms with E-state index in [-0.39, 0.29) is 5.82 Å². The van der Waals surface area contributed by atoms with E-state index >= 15 is 0 Å². The predicted molar refractivity (Wildman–Crippen MR) is 69.0 cm³/mol. The van der Waals surface area contributed by atoms with Crippen molar-refractivity contribution in [2.24, 2.45) is 11.7 Å². The lowest BCUT2D eigenvalue weighted by Gasteiger charge is -2.23. The maximum absolute atomic E-state index is 13.6. The molecule has 0 saturated carbocycles. The van der Waals surface area contributed by atoms with Gasteiger partial charge in [0, 0.05) is 12.1 Å². The van der Waals surface area contributed by atoms with Gasteiger partial charge >= 0.3 is 0 Å². The first kappa shape index (κ1) is 12.8. The zero-order chi connectivity index (χ0) is 13.0. The number of anilines is 1. The number of nitrogens with one attached hydrogen (secondary N) is 2. The summed E-state index contributed by atoms with van der Waals surface area (Å²) >= 11 is 0. The average molecular weight is 251 g/mol. The Bertz CT molecular complexity index is 430. The van der Waals surface area contributed by atoms with Gasteiger partial charge in [-0.2, -0.15) is 0 Å². The molecular formula is C13H18FN3O. The summed E-state index contributed by atoms with van der Waals surface area (Å²) in [5.41, 5.74) is 5.85. The number of amides is 1. The van der Waals surface area contributed by atoms with E-state index in [9.17, 15) is 9.18 Å². The number of piperidine rings is 1. The number of hydrogen-bond acceptors (Lipinski definition) is 3. The fourth-order valence-corrected chi connectivity index (χ4v) is 2.15. The summed E-state index contributed by atoms with van der Waals surface area (Å²) in [6.07, 6.45) is 2.17. The molecule has 98 valence electrons. The lowest BCUT2D eigenvalue weighted by Crippen LogP contribution is -2.31. The van der Waals surface area contributed by atoms with Crippen LogP contribution in [0.25, 0.3) is 0 Å². The quantitative estimate of drug-likeness (QED) is 0.756. The van der Waals surface area contributed by atoms with Crippen molar-refractivity contribution in [3.63, 3.8) is 0 Å². The third kappa shape index (κ3) is 3.20. The number of rotatable bonds is 4. The van der Waals surface area contributed by atoms with Crippen molar-refractivity contribution in [1.82, 2.24) is 5.32 Å². The third-order valence-corrected chi connectivity index (χ3v) is 3.29. The molecule has 1 aliphatic rings. The topological polar surface area (TPSA) is 67.2 Å². The van der Waals surface area contributed by atoms with Gasteiger partial charge in [-0.1, -0.05) is 0 Å². The Hall–Kier alpha value is -1.62. The molecule has 0 spiro atoms. The number of halogens is 1. The SMILES string of the molecule is NC(=O)c1ccc(F)c(NCC2CCNCC2)c1. The molecule has 5 heteroatoms. The molecule has 0 aromatic heterocycles. The highest BCUT2D eigenvalue weighted by Crippen LogP contribution is 2.18. The molecule has 1 aliphatic heterocycles. The summed E-state index contributed by atoms with van der Waals surface area (Å²) in [6.45, 7) is 2.74. The van der Waals surface area contributed by atoms with Gasteiger partial charge in [0.25, 0.3) is 0 Å².